The molecule has 0 aromatic heterocycles. The molecule has 17 heavy (non-hydrogen) atoms. The van der Waals surface area contributed by atoms with E-state index in [1.54, 1.807) is 12.2 Å². The summed E-state index contributed by atoms with van der Waals surface area (Å²) < 4.78 is 18.2. The SMILES string of the molecule is C=C/C=C\C1=C(C)P(=O)(CC)OC(C)=C1C=C. The molecule has 0 amide bonds. The summed E-state index contributed by atoms with van der Waals surface area (Å²) in [5.74, 6) is 0.680. The molecule has 3 heteroatoms. The Balaban J connectivity index is 3.44. The molecule has 0 saturated heterocycles. The molecule has 1 atom stereocenters. The monoisotopic (exact) mass is 250 g/mol. The minimum Gasteiger partial charge on any atom is -0.444 e. The first-order chi connectivity index (χ1) is 8.00. The van der Waals surface area contributed by atoms with Crippen molar-refractivity contribution in [1.29, 1.82) is 0 Å². The predicted octanol–water partition coefficient (Wildman–Crippen LogP) is 4.79. The van der Waals surface area contributed by atoms with E-state index in [-0.39, 0.29) is 0 Å². The summed E-state index contributed by atoms with van der Waals surface area (Å²) in [7, 11) is -2.70. The van der Waals surface area contributed by atoms with Crippen LogP contribution in [0.1, 0.15) is 20.8 Å². The van der Waals surface area contributed by atoms with Crippen LogP contribution in [0.25, 0.3) is 0 Å². The number of rotatable bonds is 4. The lowest BCUT2D eigenvalue weighted by Crippen LogP contribution is -2.05. The molecule has 1 aliphatic rings. The fourth-order valence-electron chi connectivity index (χ4n) is 1.84. The van der Waals surface area contributed by atoms with Crippen LogP contribution in [0.4, 0.5) is 0 Å². The van der Waals surface area contributed by atoms with E-state index in [0.717, 1.165) is 16.5 Å². The highest BCUT2D eigenvalue weighted by atomic mass is 31.2. The minimum absolute atomic E-state index is 0.506. The zero-order valence-electron chi connectivity index (χ0n) is 10.7. The molecular formula is C14H19O2P. The molecule has 0 spiro atoms. The van der Waals surface area contributed by atoms with Gasteiger partial charge in [0.1, 0.15) is 5.76 Å². The van der Waals surface area contributed by atoms with E-state index in [9.17, 15) is 4.57 Å². The van der Waals surface area contributed by atoms with Gasteiger partial charge >= 0.3 is 0 Å². The van der Waals surface area contributed by atoms with Crippen molar-refractivity contribution in [2.75, 3.05) is 6.16 Å². The van der Waals surface area contributed by atoms with Gasteiger partial charge in [0.25, 0.3) is 7.37 Å². The van der Waals surface area contributed by atoms with Crippen LogP contribution in [0, 0.1) is 0 Å². The summed E-state index contributed by atoms with van der Waals surface area (Å²) in [6, 6.07) is 0. The second-order valence-electron chi connectivity index (χ2n) is 3.85. The summed E-state index contributed by atoms with van der Waals surface area (Å²) in [4.78, 5) is 0. The van der Waals surface area contributed by atoms with Crippen LogP contribution in [-0.2, 0) is 9.09 Å². The maximum absolute atomic E-state index is 12.6. The third kappa shape index (κ3) is 2.53. The Hall–Kier alpha value is -1.27. The van der Waals surface area contributed by atoms with Crippen molar-refractivity contribution in [3.63, 3.8) is 0 Å². The summed E-state index contributed by atoms with van der Waals surface area (Å²) in [5.41, 5.74) is 1.84. The molecular weight excluding hydrogens is 231 g/mol. The second-order valence-corrected chi connectivity index (χ2v) is 6.68. The van der Waals surface area contributed by atoms with Gasteiger partial charge in [-0.1, -0.05) is 44.4 Å². The Bertz CT molecular complexity index is 478. The molecule has 92 valence electrons. The van der Waals surface area contributed by atoms with Gasteiger partial charge in [0.05, 0.1) is 0 Å². The molecule has 1 heterocycles. The predicted molar refractivity (Wildman–Crippen MR) is 74.2 cm³/mol. The van der Waals surface area contributed by atoms with E-state index in [1.807, 2.05) is 32.9 Å². The molecule has 0 N–H and O–H groups in total. The van der Waals surface area contributed by atoms with Crippen LogP contribution in [-0.4, -0.2) is 6.16 Å². The molecule has 0 bridgehead atoms. The lowest BCUT2D eigenvalue weighted by Gasteiger charge is -2.28. The first kappa shape index (κ1) is 13.8. The highest BCUT2D eigenvalue weighted by molar-refractivity contribution is 7.63. The summed E-state index contributed by atoms with van der Waals surface area (Å²) in [6.45, 7) is 13.0. The lowest BCUT2D eigenvalue weighted by atomic mass is 10.0. The summed E-state index contributed by atoms with van der Waals surface area (Å²) in [6.07, 6.45) is 7.68. The van der Waals surface area contributed by atoms with E-state index in [4.69, 9.17) is 4.52 Å². The molecule has 0 aromatic rings. The zero-order chi connectivity index (χ0) is 13.1. The third-order valence-electron chi connectivity index (χ3n) is 2.87. The molecule has 2 nitrogen and oxygen atoms in total. The van der Waals surface area contributed by atoms with Gasteiger partial charge < -0.3 is 4.52 Å². The standard InChI is InChI=1S/C14H19O2P/c1-6-9-10-14-12(5)17(15,8-3)16-11(4)13(14)7-2/h6-7,9-10H,1-2,8H2,3-5H3/b10-9-. The van der Waals surface area contributed by atoms with Crippen LogP contribution in [0.5, 0.6) is 0 Å². The molecule has 0 radical (unpaired) electrons. The zero-order valence-corrected chi connectivity index (χ0v) is 11.6. The van der Waals surface area contributed by atoms with Crippen LogP contribution in [0.2, 0.25) is 0 Å². The van der Waals surface area contributed by atoms with Crippen molar-refractivity contribution < 1.29 is 9.09 Å². The van der Waals surface area contributed by atoms with Gasteiger partial charge in [-0.05, 0) is 19.4 Å². The first-order valence-corrected chi connectivity index (χ1v) is 7.44. The Morgan fingerprint density at radius 2 is 1.94 bits per heavy atom. The van der Waals surface area contributed by atoms with Gasteiger partial charge in [0.15, 0.2) is 0 Å². The topological polar surface area (TPSA) is 26.3 Å². The maximum atomic E-state index is 12.6. The van der Waals surface area contributed by atoms with Crippen molar-refractivity contribution >= 4 is 7.37 Å². The average Bonchev–Trinajstić information content (AvgIpc) is 2.31. The van der Waals surface area contributed by atoms with Crippen molar-refractivity contribution in [3.05, 3.63) is 59.7 Å². The van der Waals surface area contributed by atoms with Gasteiger partial charge in [-0.3, -0.25) is 4.57 Å². The number of hydrogen-bond acceptors (Lipinski definition) is 2. The highest BCUT2D eigenvalue weighted by Crippen LogP contribution is 2.60. The normalized spacial score (nSPS) is 25.1. The molecule has 0 aromatic carbocycles. The average molecular weight is 250 g/mol. The van der Waals surface area contributed by atoms with Gasteiger partial charge in [-0.15, -0.1) is 0 Å². The van der Waals surface area contributed by atoms with E-state index in [2.05, 4.69) is 13.2 Å². The van der Waals surface area contributed by atoms with Gasteiger partial charge in [-0.2, -0.15) is 0 Å². The van der Waals surface area contributed by atoms with Crippen molar-refractivity contribution in [3.8, 4) is 0 Å². The Morgan fingerprint density at radius 1 is 1.29 bits per heavy atom. The fourth-order valence-corrected chi connectivity index (χ4v) is 3.68. The molecule has 0 saturated carbocycles. The largest absolute Gasteiger partial charge is 0.444 e. The number of allylic oxidation sites excluding steroid dienone is 8. The summed E-state index contributed by atoms with van der Waals surface area (Å²) >= 11 is 0. The quantitative estimate of drug-likeness (QED) is 0.529. The number of hydrogen-bond donors (Lipinski definition) is 0. The Kier molecular flexibility index (Phi) is 4.36. The van der Waals surface area contributed by atoms with Gasteiger partial charge in [0, 0.05) is 17.0 Å². The third-order valence-corrected chi connectivity index (χ3v) is 5.54. The Labute approximate surface area is 104 Å². The molecule has 1 unspecified atom stereocenters. The van der Waals surface area contributed by atoms with Crippen LogP contribution >= 0.6 is 7.37 Å². The van der Waals surface area contributed by atoms with Gasteiger partial charge in [0.2, 0.25) is 0 Å². The highest BCUT2D eigenvalue weighted by Gasteiger charge is 2.32. The van der Waals surface area contributed by atoms with E-state index < -0.39 is 7.37 Å². The molecule has 0 aliphatic carbocycles. The second kappa shape index (κ2) is 5.37. The smallest absolute Gasteiger partial charge is 0.273 e. The summed E-state index contributed by atoms with van der Waals surface area (Å²) in [5, 5.41) is 0.804. The molecule has 1 aliphatic heterocycles. The lowest BCUT2D eigenvalue weighted by molar-refractivity contribution is 0.404. The van der Waals surface area contributed by atoms with E-state index >= 15 is 0 Å². The van der Waals surface area contributed by atoms with Crippen LogP contribution < -0.4 is 0 Å². The van der Waals surface area contributed by atoms with E-state index in [0.29, 0.717) is 11.9 Å². The van der Waals surface area contributed by atoms with Gasteiger partial charge in [-0.25, -0.2) is 0 Å². The van der Waals surface area contributed by atoms with Crippen molar-refractivity contribution in [2.24, 2.45) is 0 Å². The van der Waals surface area contributed by atoms with Crippen molar-refractivity contribution in [1.82, 2.24) is 0 Å². The molecule has 0 fully saturated rings. The van der Waals surface area contributed by atoms with Crippen molar-refractivity contribution in [2.45, 2.75) is 20.8 Å². The van der Waals surface area contributed by atoms with Crippen LogP contribution in [0.15, 0.2) is 59.7 Å². The fraction of sp³-hybridized carbons (Fsp3) is 0.286. The maximum Gasteiger partial charge on any atom is 0.273 e. The first-order valence-electron chi connectivity index (χ1n) is 5.63. The van der Waals surface area contributed by atoms with E-state index in [1.165, 1.54) is 0 Å². The minimum atomic E-state index is -2.70. The van der Waals surface area contributed by atoms with Crippen LogP contribution in [0.3, 0.4) is 0 Å². The Morgan fingerprint density at radius 3 is 2.41 bits per heavy atom. The molecule has 1 rings (SSSR count).